The Bertz CT molecular complexity index is 416. The van der Waals surface area contributed by atoms with Gasteiger partial charge in [0.25, 0.3) is 0 Å². The summed E-state index contributed by atoms with van der Waals surface area (Å²) in [6, 6.07) is 0.0426. The molecule has 0 aromatic carbocycles. The van der Waals surface area contributed by atoms with Gasteiger partial charge >= 0.3 is 0 Å². The molecule has 1 rings (SSSR count). The van der Waals surface area contributed by atoms with Crippen molar-refractivity contribution in [2.45, 2.75) is 32.9 Å². The lowest BCUT2D eigenvalue weighted by molar-refractivity contribution is 0.295. The second kappa shape index (κ2) is 5.80. The molecule has 2 N–H and O–H groups in total. The van der Waals surface area contributed by atoms with E-state index in [1.807, 2.05) is 32.6 Å². The van der Waals surface area contributed by atoms with E-state index in [2.05, 4.69) is 10.00 Å². The quantitative estimate of drug-likeness (QED) is 0.831. The van der Waals surface area contributed by atoms with Gasteiger partial charge in [0.2, 0.25) is 0 Å². The van der Waals surface area contributed by atoms with Gasteiger partial charge in [-0.2, -0.15) is 5.10 Å². The van der Waals surface area contributed by atoms with Crippen LogP contribution in [0.4, 0.5) is 0 Å². The predicted octanol–water partition coefficient (Wildman–Crippen LogP) is 1.74. The summed E-state index contributed by atoms with van der Waals surface area (Å²) in [6.45, 7) is 4.70. The number of likely N-dealkylation sites (N-methyl/N-ethyl adjacent to an activating group) is 1. The van der Waals surface area contributed by atoms with E-state index in [9.17, 15) is 0 Å². The van der Waals surface area contributed by atoms with Gasteiger partial charge in [-0.15, -0.1) is 0 Å². The Morgan fingerprint density at radius 2 is 2.24 bits per heavy atom. The zero-order valence-electron chi connectivity index (χ0n) is 10.7. The Kier molecular flexibility index (Phi) is 4.91. The number of nitrogens with zero attached hydrogens (tertiary/aromatic N) is 3. The molecular formula is C11H19ClN4S. The minimum atomic E-state index is 0.0426. The van der Waals surface area contributed by atoms with Gasteiger partial charge in [0.1, 0.15) is 0 Å². The summed E-state index contributed by atoms with van der Waals surface area (Å²) in [6.07, 6.45) is 0.835. The van der Waals surface area contributed by atoms with Crippen LogP contribution in [0, 0.1) is 0 Å². The van der Waals surface area contributed by atoms with Crippen molar-refractivity contribution in [2.24, 2.45) is 12.8 Å². The first kappa shape index (κ1) is 14.4. The number of halogens is 1. The summed E-state index contributed by atoms with van der Waals surface area (Å²) in [7, 11) is 3.87. The van der Waals surface area contributed by atoms with Crippen molar-refractivity contribution < 1.29 is 0 Å². The van der Waals surface area contributed by atoms with Gasteiger partial charge < -0.3 is 5.73 Å². The Hall–Kier alpha value is -0.650. The maximum atomic E-state index is 6.28. The van der Waals surface area contributed by atoms with Crippen molar-refractivity contribution in [3.8, 4) is 0 Å². The van der Waals surface area contributed by atoms with Gasteiger partial charge in [0, 0.05) is 13.6 Å². The van der Waals surface area contributed by atoms with Crippen LogP contribution in [0.1, 0.15) is 25.2 Å². The topological polar surface area (TPSA) is 47.1 Å². The van der Waals surface area contributed by atoms with E-state index >= 15 is 0 Å². The average Bonchev–Trinajstić information content (AvgIpc) is 2.55. The number of aryl methyl sites for hydroxylation is 2. The molecule has 1 aromatic rings. The van der Waals surface area contributed by atoms with E-state index in [0.29, 0.717) is 11.5 Å². The molecule has 6 heteroatoms. The van der Waals surface area contributed by atoms with Crippen molar-refractivity contribution in [1.82, 2.24) is 14.7 Å². The Morgan fingerprint density at radius 1 is 1.65 bits per heavy atom. The van der Waals surface area contributed by atoms with Crippen LogP contribution >= 0.6 is 23.8 Å². The summed E-state index contributed by atoms with van der Waals surface area (Å²) in [5.41, 5.74) is 7.56. The third-order valence-corrected chi connectivity index (χ3v) is 3.75. The molecular weight excluding hydrogens is 256 g/mol. The lowest BCUT2D eigenvalue weighted by atomic mass is 10.2. The standard InChI is InChI=1S/C11H19ClN4S/c1-5-8-10(12)9(16(4)14-8)6-15(3)7(2)11(13)17/h7H,5-6H2,1-4H3,(H2,13,17). The molecule has 1 atom stereocenters. The third kappa shape index (κ3) is 3.18. The van der Waals surface area contributed by atoms with E-state index in [1.165, 1.54) is 0 Å². The van der Waals surface area contributed by atoms with Crippen LogP contribution < -0.4 is 5.73 Å². The summed E-state index contributed by atoms with van der Waals surface area (Å²) < 4.78 is 1.82. The number of aromatic nitrogens is 2. The zero-order valence-corrected chi connectivity index (χ0v) is 12.3. The van der Waals surface area contributed by atoms with Crippen LogP contribution in [-0.2, 0) is 20.0 Å². The summed E-state index contributed by atoms with van der Waals surface area (Å²) in [5, 5.41) is 5.13. The zero-order chi connectivity index (χ0) is 13.2. The molecule has 4 nitrogen and oxygen atoms in total. The minimum Gasteiger partial charge on any atom is -0.392 e. The van der Waals surface area contributed by atoms with Crippen LogP contribution in [0.3, 0.4) is 0 Å². The maximum Gasteiger partial charge on any atom is 0.0899 e. The molecule has 0 bridgehead atoms. The Morgan fingerprint density at radius 3 is 2.65 bits per heavy atom. The predicted molar refractivity (Wildman–Crippen MR) is 75.3 cm³/mol. The molecule has 0 aliphatic heterocycles. The van der Waals surface area contributed by atoms with E-state index in [4.69, 9.17) is 29.6 Å². The second-order valence-electron chi connectivity index (χ2n) is 4.18. The number of nitrogens with two attached hydrogens (primary N) is 1. The molecule has 0 saturated carbocycles. The van der Waals surface area contributed by atoms with Crippen LogP contribution in [0.2, 0.25) is 5.02 Å². The molecule has 1 aromatic heterocycles. The maximum absolute atomic E-state index is 6.28. The fourth-order valence-electron chi connectivity index (χ4n) is 1.58. The SMILES string of the molecule is CCc1nn(C)c(CN(C)C(C)C(N)=S)c1Cl. The summed E-state index contributed by atoms with van der Waals surface area (Å²) in [4.78, 5) is 2.55. The summed E-state index contributed by atoms with van der Waals surface area (Å²) in [5.74, 6) is 0. The number of hydrogen-bond acceptors (Lipinski definition) is 3. The van der Waals surface area contributed by atoms with Gasteiger partial charge in [-0.3, -0.25) is 9.58 Å². The Balaban J connectivity index is 2.88. The molecule has 96 valence electrons. The molecule has 0 radical (unpaired) electrons. The second-order valence-corrected chi connectivity index (χ2v) is 5.03. The lowest BCUT2D eigenvalue weighted by Gasteiger charge is -2.23. The van der Waals surface area contributed by atoms with Gasteiger partial charge in [0.05, 0.1) is 27.4 Å². The first-order chi connectivity index (χ1) is 7.88. The van der Waals surface area contributed by atoms with E-state index in [-0.39, 0.29) is 6.04 Å². The van der Waals surface area contributed by atoms with E-state index in [1.54, 1.807) is 0 Å². The third-order valence-electron chi connectivity index (χ3n) is 2.98. The van der Waals surface area contributed by atoms with E-state index < -0.39 is 0 Å². The fourth-order valence-corrected chi connectivity index (χ4v) is 2.12. The smallest absolute Gasteiger partial charge is 0.0899 e. The lowest BCUT2D eigenvalue weighted by Crippen LogP contribution is -2.39. The molecule has 0 spiro atoms. The molecule has 1 unspecified atom stereocenters. The minimum absolute atomic E-state index is 0.0426. The Labute approximate surface area is 113 Å². The monoisotopic (exact) mass is 274 g/mol. The van der Waals surface area contributed by atoms with Gasteiger partial charge in [0.15, 0.2) is 0 Å². The fraction of sp³-hybridized carbons (Fsp3) is 0.636. The molecule has 1 heterocycles. The van der Waals surface area contributed by atoms with Crippen LogP contribution in [0.5, 0.6) is 0 Å². The molecule has 0 aliphatic rings. The normalized spacial score (nSPS) is 13.1. The van der Waals surface area contributed by atoms with Gasteiger partial charge in [-0.05, 0) is 20.4 Å². The first-order valence-corrected chi connectivity index (χ1v) is 6.36. The molecule has 0 aliphatic carbocycles. The number of thiocarbonyl (C=S) groups is 1. The van der Waals surface area contributed by atoms with Gasteiger partial charge in [-0.1, -0.05) is 30.7 Å². The highest BCUT2D eigenvalue weighted by atomic mass is 35.5. The number of hydrogen-bond donors (Lipinski definition) is 1. The molecule has 0 fully saturated rings. The van der Waals surface area contributed by atoms with Crippen molar-refractivity contribution in [2.75, 3.05) is 7.05 Å². The van der Waals surface area contributed by atoms with E-state index in [0.717, 1.165) is 22.8 Å². The average molecular weight is 275 g/mol. The van der Waals surface area contributed by atoms with Crippen molar-refractivity contribution in [3.05, 3.63) is 16.4 Å². The number of rotatable bonds is 5. The largest absolute Gasteiger partial charge is 0.392 e. The van der Waals surface area contributed by atoms with Crippen LogP contribution in [0.15, 0.2) is 0 Å². The molecule has 17 heavy (non-hydrogen) atoms. The summed E-state index contributed by atoms with van der Waals surface area (Å²) >= 11 is 11.3. The first-order valence-electron chi connectivity index (χ1n) is 5.58. The molecule has 0 amide bonds. The highest BCUT2D eigenvalue weighted by Gasteiger charge is 2.18. The van der Waals surface area contributed by atoms with Crippen molar-refractivity contribution in [3.63, 3.8) is 0 Å². The van der Waals surface area contributed by atoms with Gasteiger partial charge in [-0.25, -0.2) is 0 Å². The highest BCUT2D eigenvalue weighted by Crippen LogP contribution is 2.22. The van der Waals surface area contributed by atoms with Crippen molar-refractivity contribution in [1.29, 1.82) is 0 Å². The van der Waals surface area contributed by atoms with Crippen molar-refractivity contribution >= 4 is 28.8 Å². The van der Waals surface area contributed by atoms with Crippen LogP contribution in [-0.4, -0.2) is 32.8 Å². The highest BCUT2D eigenvalue weighted by molar-refractivity contribution is 7.80. The van der Waals surface area contributed by atoms with Crippen LogP contribution in [0.25, 0.3) is 0 Å². The molecule has 0 saturated heterocycles.